The number of carboxylic acids is 2. The van der Waals surface area contributed by atoms with Crippen molar-refractivity contribution >= 4 is 17.8 Å². The molecule has 1 fully saturated rings. The largest absolute Gasteiger partial charge is 0.493 e. The third-order valence-electron chi connectivity index (χ3n) is 7.13. The van der Waals surface area contributed by atoms with Crippen molar-refractivity contribution in [2.45, 2.75) is 32.3 Å². The van der Waals surface area contributed by atoms with Crippen molar-refractivity contribution in [3.63, 3.8) is 0 Å². The van der Waals surface area contributed by atoms with Crippen LogP contribution in [0.1, 0.15) is 40.7 Å². The Hall–Kier alpha value is -4.44. The van der Waals surface area contributed by atoms with Gasteiger partial charge in [0.25, 0.3) is 5.91 Å². The van der Waals surface area contributed by atoms with Gasteiger partial charge in [0.15, 0.2) is 0 Å². The minimum absolute atomic E-state index is 0.0409. The van der Waals surface area contributed by atoms with Gasteiger partial charge < -0.3 is 29.5 Å². The number of hydrogen-bond donors (Lipinski definition) is 2. The zero-order valence-corrected chi connectivity index (χ0v) is 23.6. The number of carbonyl (C=O) groups excluding carboxylic acids is 1. The second-order valence-electron chi connectivity index (χ2n) is 10.2. The number of likely N-dealkylation sites (N-methyl/N-ethyl adjacent to an activating group) is 1. The number of ether oxygens (including phenoxy) is 2. The fourth-order valence-electron chi connectivity index (χ4n) is 4.81. The molecule has 2 N–H and O–H groups in total. The van der Waals surface area contributed by atoms with Crippen LogP contribution in [0.25, 0.3) is 11.1 Å². The molecule has 1 aliphatic heterocycles. The van der Waals surface area contributed by atoms with E-state index in [0.29, 0.717) is 58.8 Å². The predicted molar refractivity (Wildman–Crippen MR) is 154 cm³/mol. The Labute approximate surface area is 244 Å². The zero-order valence-electron chi connectivity index (χ0n) is 23.6. The summed E-state index contributed by atoms with van der Waals surface area (Å²) in [5.41, 5.74) is 2.57. The molecule has 1 heterocycles. The fraction of sp³-hybridized carbons (Fsp3) is 0.344. The van der Waals surface area contributed by atoms with E-state index in [9.17, 15) is 23.9 Å². The first-order valence-corrected chi connectivity index (χ1v) is 13.9. The number of carboxylic acid groups (broad SMARTS) is 2. The molecule has 3 aromatic carbocycles. The van der Waals surface area contributed by atoms with E-state index < -0.39 is 17.8 Å². The van der Waals surface area contributed by atoms with Crippen molar-refractivity contribution < 1.29 is 38.5 Å². The Balaban J connectivity index is 1.61. The van der Waals surface area contributed by atoms with Crippen molar-refractivity contribution in [1.29, 1.82) is 0 Å². The lowest BCUT2D eigenvalue weighted by atomic mass is 10.0. The van der Waals surface area contributed by atoms with E-state index in [1.54, 1.807) is 59.5 Å². The summed E-state index contributed by atoms with van der Waals surface area (Å²) in [6.45, 7) is 2.90. The molecule has 0 radical (unpaired) electrons. The van der Waals surface area contributed by atoms with Crippen LogP contribution in [0, 0.1) is 5.82 Å². The predicted octanol–water partition coefficient (Wildman–Crippen LogP) is 4.72. The Morgan fingerprint density at radius 3 is 2.33 bits per heavy atom. The number of aliphatic carboxylic acids is 2. The van der Waals surface area contributed by atoms with E-state index in [-0.39, 0.29) is 38.4 Å². The highest BCUT2D eigenvalue weighted by Crippen LogP contribution is 2.31. The molecule has 0 saturated carbocycles. The van der Waals surface area contributed by atoms with Crippen LogP contribution < -0.4 is 9.47 Å². The van der Waals surface area contributed by atoms with Gasteiger partial charge in [-0.3, -0.25) is 14.4 Å². The van der Waals surface area contributed by atoms with Gasteiger partial charge in [0.1, 0.15) is 23.9 Å². The number of rotatable bonds is 13. The van der Waals surface area contributed by atoms with E-state index in [1.807, 2.05) is 7.05 Å². The lowest BCUT2D eigenvalue weighted by Crippen LogP contribution is -2.47. The van der Waals surface area contributed by atoms with Gasteiger partial charge in [0, 0.05) is 55.7 Å². The summed E-state index contributed by atoms with van der Waals surface area (Å²) >= 11 is 0. The fourth-order valence-corrected chi connectivity index (χ4v) is 4.81. The van der Waals surface area contributed by atoms with E-state index in [2.05, 4.69) is 4.90 Å². The molecule has 0 bridgehead atoms. The quantitative estimate of drug-likeness (QED) is 0.280. The first-order valence-electron chi connectivity index (χ1n) is 13.9. The molecule has 9 nitrogen and oxygen atoms in total. The minimum atomic E-state index is -0.966. The van der Waals surface area contributed by atoms with E-state index in [0.717, 1.165) is 13.1 Å². The van der Waals surface area contributed by atoms with Crippen LogP contribution in [0.3, 0.4) is 0 Å². The van der Waals surface area contributed by atoms with Crippen molar-refractivity contribution in [1.82, 2.24) is 9.80 Å². The van der Waals surface area contributed by atoms with E-state index in [1.165, 1.54) is 6.07 Å². The van der Waals surface area contributed by atoms with Crippen LogP contribution in [0.15, 0.2) is 60.7 Å². The number of carbonyl (C=O) groups is 3. The second kappa shape index (κ2) is 14.5. The molecule has 3 aromatic rings. The van der Waals surface area contributed by atoms with Crippen molar-refractivity contribution in [3.8, 4) is 22.6 Å². The van der Waals surface area contributed by atoms with Gasteiger partial charge in [-0.25, -0.2) is 4.39 Å². The molecule has 10 heteroatoms. The lowest BCUT2D eigenvalue weighted by molar-refractivity contribution is -0.138. The van der Waals surface area contributed by atoms with Gasteiger partial charge in [-0.1, -0.05) is 30.3 Å². The summed E-state index contributed by atoms with van der Waals surface area (Å²) in [5, 5.41) is 18.2. The molecule has 1 aliphatic rings. The molecular weight excluding hydrogens is 543 g/mol. The van der Waals surface area contributed by atoms with Gasteiger partial charge >= 0.3 is 11.9 Å². The summed E-state index contributed by atoms with van der Waals surface area (Å²) in [6.07, 6.45) is 0.322. The number of amides is 1. The van der Waals surface area contributed by atoms with E-state index in [4.69, 9.17) is 14.6 Å². The molecule has 0 atom stereocenters. The average Bonchev–Trinajstić information content (AvgIpc) is 2.97. The standard InChI is InChI=1S/C32H35FN2O7/c1-34-13-15-35(16-14-34)32(40)24-18-23(26-7-2-3-8-28(26)33)19-25(20-24)42-21-22-6-4-9-29(27(22)11-12-31(38)39)41-17-5-10-30(36)37/h2-4,6-9,18-20H,5,10-17,21H2,1H3,(H,36,37)(H,38,39). The summed E-state index contributed by atoms with van der Waals surface area (Å²) in [4.78, 5) is 39.6. The average molecular weight is 579 g/mol. The maximum absolute atomic E-state index is 14.8. The number of nitrogens with zero attached hydrogens (tertiary/aromatic N) is 2. The highest BCUT2D eigenvalue weighted by Gasteiger charge is 2.22. The first-order chi connectivity index (χ1) is 20.2. The lowest BCUT2D eigenvalue weighted by Gasteiger charge is -2.32. The van der Waals surface area contributed by atoms with Crippen molar-refractivity contribution in [2.75, 3.05) is 39.8 Å². The van der Waals surface area contributed by atoms with E-state index >= 15 is 0 Å². The Kier molecular flexibility index (Phi) is 10.5. The summed E-state index contributed by atoms with van der Waals surface area (Å²) in [7, 11) is 2.01. The smallest absolute Gasteiger partial charge is 0.303 e. The van der Waals surface area contributed by atoms with Crippen LogP contribution in [0.5, 0.6) is 11.5 Å². The normalized spacial score (nSPS) is 13.5. The number of benzene rings is 3. The molecule has 42 heavy (non-hydrogen) atoms. The molecule has 1 amide bonds. The second-order valence-corrected chi connectivity index (χ2v) is 10.2. The van der Waals surface area contributed by atoms with Gasteiger partial charge in [-0.2, -0.15) is 0 Å². The van der Waals surface area contributed by atoms with Gasteiger partial charge in [-0.05, 0) is 61.3 Å². The number of hydrogen-bond acceptors (Lipinski definition) is 6. The molecule has 222 valence electrons. The Bertz CT molecular complexity index is 1420. The molecule has 0 aliphatic carbocycles. The van der Waals surface area contributed by atoms with Gasteiger partial charge in [0.05, 0.1) is 6.61 Å². The Morgan fingerprint density at radius 1 is 0.881 bits per heavy atom. The molecule has 0 spiro atoms. The number of piperazine rings is 1. The summed E-state index contributed by atoms with van der Waals surface area (Å²) in [6, 6.07) is 16.6. The maximum Gasteiger partial charge on any atom is 0.303 e. The van der Waals surface area contributed by atoms with Crippen LogP contribution in [0.4, 0.5) is 4.39 Å². The topological polar surface area (TPSA) is 117 Å². The molecule has 0 unspecified atom stereocenters. The third-order valence-corrected chi connectivity index (χ3v) is 7.13. The van der Waals surface area contributed by atoms with Crippen molar-refractivity contribution in [3.05, 3.63) is 83.2 Å². The molecular formula is C32H35FN2O7. The third kappa shape index (κ3) is 8.29. The highest BCUT2D eigenvalue weighted by atomic mass is 19.1. The SMILES string of the molecule is CN1CCN(C(=O)c2cc(OCc3cccc(OCCCC(=O)O)c3CCC(=O)O)cc(-c3ccccc3F)c2)CC1. The molecule has 0 aromatic heterocycles. The summed E-state index contributed by atoms with van der Waals surface area (Å²) in [5.74, 6) is -1.64. The first kappa shape index (κ1) is 30.5. The van der Waals surface area contributed by atoms with Crippen molar-refractivity contribution in [2.24, 2.45) is 0 Å². The zero-order chi connectivity index (χ0) is 30.1. The molecule has 4 rings (SSSR count). The summed E-state index contributed by atoms with van der Waals surface area (Å²) < 4.78 is 26.8. The van der Waals surface area contributed by atoms with Gasteiger partial charge in [0.2, 0.25) is 0 Å². The Morgan fingerprint density at radius 2 is 1.62 bits per heavy atom. The number of halogens is 1. The minimum Gasteiger partial charge on any atom is -0.493 e. The monoisotopic (exact) mass is 578 g/mol. The van der Waals surface area contributed by atoms with Crippen LogP contribution in [-0.4, -0.2) is 77.7 Å². The van der Waals surface area contributed by atoms with Gasteiger partial charge in [-0.15, -0.1) is 0 Å². The molecule has 1 saturated heterocycles. The maximum atomic E-state index is 14.8. The van der Waals surface area contributed by atoms with Crippen LogP contribution in [0.2, 0.25) is 0 Å². The van der Waals surface area contributed by atoms with Crippen LogP contribution >= 0.6 is 0 Å². The van der Waals surface area contributed by atoms with Crippen LogP contribution in [-0.2, 0) is 22.6 Å². The highest BCUT2D eigenvalue weighted by molar-refractivity contribution is 5.96.